The molecule has 3 heteroatoms. The maximum Gasteiger partial charge on any atom is 0.253 e. The van der Waals surface area contributed by atoms with Crippen molar-refractivity contribution in [2.24, 2.45) is 5.92 Å². The molecule has 0 aromatic carbocycles. The first kappa shape index (κ1) is 10.9. The van der Waals surface area contributed by atoms with Crippen LogP contribution in [0.4, 0.5) is 8.78 Å². The van der Waals surface area contributed by atoms with Crippen LogP contribution in [0.15, 0.2) is 0 Å². The second kappa shape index (κ2) is 4.89. The fraction of sp³-hybridized carbons (Fsp3) is 1.00. The largest absolute Gasteiger partial charge is 0.396 e. The molecule has 13 heavy (non-hydrogen) atoms. The number of rotatable bonds is 3. The van der Waals surface area contributed by atoms with Gasteiger partial charge in [-0.15, -0.1) is 0 Å². The number of hydrogen-bond acceptors (Lipinski definition) is 1. The lowest BCUT2D eigenvalue weighted by Gasteiger charge is -2.24. The number of hydrogen-bond donors (Lipinski definition) is 1. The highest BCUT2D eigenvalue weighted by Crippen LogP contribution is 2.37. The van der Waals surface area contributed by atoms with E-state index < -0.39 is 18.4 Å². The molecule has 0 amide bonds. The molecule has 0 aromatic heterocycles. The van der Waals surface area contributed by atoms with Crippen molar-refractivity contribution in [1.82, 2.24) is 0 Å². The van der Waals surface area contributed by atoms with Crippen LogP contribution in [-0.2, 0) is 0 Å². The van der Waals surface area contributed by atoms with Crippen LogP contribution in [0.5, 0.6) is 0 Å². The van der Waals surface area contributed by atoms with Gasteiger partial charge in [0.2, 0.25) is 0 Å². The monoisotopic (exact) mass is 192 g/mol. The van der Waals surface area contributed by atoms with E-state index in [4.69, 9.17) is 5.11 Å². The summed E-state index contributed by atoms with van der Waals surface area (Å²) in [7, 11) is 0. The van der Waals surface area contributed by atoms with E-state index in [0.717, 1.165) is 25.7 Å². The van der Waals surface area contributed by atoms with Crippen LogP contribution in [-0.4, -0.2) is 17.6 Å². The number of alkyl halides is 2. The zero-order valence-electron chi connectivity index (χ0n) is 7.94. The van der Waals surface area contributed by atoms with Gasteiger partial charge in [-0.1, -0.05) is 25.7 Å². The third kappa shape index (κ3) is 3.22. The Bertz CT molecular complexity index is 140. The Morgan fingerprint density at radius 2 is 1.62 bits per heavy atom. The van der Waals surface area contributed by atoms with E-state index in [1.807, 2.05) is 0 Å². The van der Waals surface area contributed by atoms with Gasteiger partial charge in [0.1, 0.15) is 0 Å². The van der Waals surface area contributed by atoms with Gasteiger partial charge in [0.05, 0.1) is 0 Å². The van der Waals surface area contributed by atoms with Gasteiger partial charge in [0.15, 0.2) is 0 Å². The van der Waals surface area contributed by atoms with Crippen LogP contribution in [0.25, 0.3) is 0 Å². The lowest BCUT2D eigenvalue weighted by molar-refractivity contribution is -0.0794. The molecule has 0 aliphatic heterocycles. The van der Waals surface area contributed by atoms with Crippen molar-refractivity contribution in [3.63, 3.8) is 0 Å². The Labute approximate surface area is 78.1 Å². The van der Waals surface area contributed by atoms with Crippen LogP contribution in [0, 0.1) is 5.92 Å². The van der Waals surface area contributed by atoms with Crippen molar-refractivity contribution in [3.05, 3.63) is 0 Å². The molecule has 0 aromatic rings. The molecule has 0 unspecified atom stereocenters. The number of halogens is 2. The van der Waals surface area contributed by atoms with E-state index in [1.165, 1.54) is 0 Å². The van der Waals surface area contributed by atoms with Gasteiger partial charge in [-0.2, -0.15) is 0 Å². The van der Waals surface area contributed by atoms with Gasteiger partial charge in [-0.25, -0.2) is 8.78 Å². The Hall–Kier alpha value is -0.180. The molecular formula is C10H18F2O. The highest BCUT2D eigenvalue weighted by atomic mass is 19.3. The SMILES string of the molecule is OCCC(F)(F)C1CCCCCC1. The average molecular weight is 192 g/mol. The zero-order chi connectivity index (χ0) is 9.73. The maximum absolute atomic E-state index is 13.3. The first-order valence-corrected chi connectivity index (χ1v) is 5.15. The smallest absolute Gasteiger partial charge is 0.253 e. The van der Waals surface area contributed by atoms with Gasteiger partial charge >= 0.3 is 0 Å². The lowest BCUT2D eigenvalue weighted by Crippen LogP contribution is -2.29. The topological polar surface area (TPSA) is 20.2 Å². The quantitative estimate of drug-likeness (QED) is 0.681. The molecule has 0 saturated heterocycles. The fourth-order valence-corrected chi connectivity index (χ4v) is 2.05. The summed E-state index contributed by atoms with van der Waals surface area (Å²) in [5, 5.41) is 8.52. The summed E-state index contributed by atoms with van der Waals surface area (Å²) >= 11 is 0. The molecular weight excluding hydrogens is 174 g/mol. The summed E-state index contributed by atoms with van der Waals surface area (Å²) in [4.78, 5) is 0. The molecule has 1 saturated carbocycles. The number of aliphatic hydroxyl groups is 1. The van der Waals surface area contributed by atoms with E-state index in [1.54, 1.807) is 0 Å². The predicted octanol–water partition coefficient (Wildman–Crippen LogP) is 2.97. The van der Waals surface area contributed by atoms with Crippen LogP contribution in [0.3, 0.4) is 0 Å². The first-order chi connectivity index (χ1) is 6.17. The van der Waals surface area contributed by atoms with E-state index >= 15 is 0 Å². The fourth-order valence-electron chi connectivity index (χ4n) is 2.05. The minimum absolute atomic E-state index is 0.363. The van der Waals surface area contributed by atoms with Gasteiger partial charge in [-0.05, 0) is 12.8 Å². The summed E-state index contributed by atoms with van der Waals surface area (Å²) in [6.07, 6.45) is 4.92. The van der Waals surface area contributed by atoms with Crippen molar-refractivity contribution >= 4 is 0 Å². The summed E-state index contributed by atoms with van der Waals surface area (Å²) in [6, 6.07) is 0. The van der Waals surface area contributed by atoms with Crippen molar-refractivity contribution in [2.75, 3.05) is 6.61 Å². The van der Waals surface area contributed by atoms with Crippen molar-refractivity contribution < 1.29 is 13.9 Å². The Kier molecular flexibility index (Phi) is 4.10. The minimum atomic E-state index is -2.64. The van der Waals surface area contributed by atoms with Crippen molar-refractivity contribution in [3.8, 4) is 0 Å². The second-order valence-corrected chi connectivity index (χ2v) is 3.92. The molecule has 1 rings (SSSR count). The van der Waals surface area contributed by atoms with Crippen molar-refractivity contribution in [2.45, 2.75) is 50.9 Å². The molecule has 1 aliphatic rings. The van der Waals surface area contributed by atoms with Crippen LogP contribution >= 0.6 is 0 Å². The van der Waals surface area contributed by atoms with Gasteiger partial charge in [0, 0.05) is 18.9 Å². The summed E-state index contributed by atoms with van der Waals surface area (Å²) < 4.78 is 26.7. The molecule has 1 N–H and O–H groups in total. The third-order valence-corrected chi connectivity index (χ3v) is 2.90. The average Bonchev–Trinajstić information content (AvgIpc) is 2.31. The van der Waals surface area contributed by atoms with E-state index in [0.29, 0.717) is 12.8 Å². The molecule has 1 fully saturated rings. The van der Waals surface area contributed by atoms with Crippen LogP contribution in [0.2, 0.25) is 0 Å². The van der Waals surface area contributed by atoms with Gasteiger partial charge in [-0.3, -0.25) is 0 Å². The third-order valence-electron chi connectivity index (χ3n) is 2.90. The van der Waals surface area contributed by atoms with Gasteiger partial charge in [0.25, 0.3) is 5.92 Å². The van der Waals surface area contributed by atoms with E-state index in [-0.39, 0.29) is 6.42 Å². The lowest BCUT2D eigenvalue weighted by atomic mass is 9.91. The molecule has 0 bridgehead atoms. The van der Waals surface area contributed by atoms with Crippen LogP contribution < -0.4 is 0 Å². The molecule has 0 spiro atoms. The summed E-state index contributed by atoms with van der Waals surface area (Å²) in [6.45, 7) is -0.399. The molecule has 0 atom stereocenters. The Morgan fingerprint density at radius 1 is 1.08 bits per heavy atom. The van der Waals surface area contributed by atoms with Crippen LogP contribution in [0.1, 0.15) is 44.9 Å². The van der Waals surface area contributed by atoms with Gasteiger partial charge < -0.3 is 5.11 Å². The summed E-state index contributed by atoms with van der Waals surface area (Å²) in [5.41, 5.74) is 0. The normalized spacial score (nSPS) is 21.5. The highest BCUT2D eigenvalue weighted by molar-refractivity contribution is 4.78. The van der Waals surface area contributed by atoms with Crippen molar-refractivity contribution in [1.29, 1.82) is 0 Å². The zero-order valence-corrected chi connectivity index (χ0v) is 7.94. The summed E-state index contributed by atoms with van der Waals surface area (Å²) in [5.74, 6) is -3.12. The van der Waals surface area contributed by atoms with E-state index in [2.05, 4.69) is 0 Å². The standard InChI is InChI=1S/C10H18F2O/c11-10(12,7-8-13)9-5-3-1-2-4-6-9/h9,13H,1-8H2. The molecule has 78 valence electrons. The molecule has 1 nitrogen and oxygen atoms in total. The molecule has 1 aliphatic carbocycles. The highest BCUT2D eigenvalue weighted by Gasteiger charge is 2.38. The molecule has 0 radical (unpaired) electrons. The molecule has 0 heterocycles. The second-order valence-electron chi connectivity index (χ2n) is 3.92. The number of aliphatic hydroxyl groups excluding tert-OH is 1. The minimum Gasteiger partial charge on any atom is -0.396 e. The Balaban J connectivity index is 2.46. The Morgan fingerprint density at radius 3 is 2.08 bits per heavy atom. The maximum atomic E-state index is 13.3. The first-order valence-electron chi connectivity index (χ1n) is 5.15. The van der Waals surface area contributed by atoms with E-state index in [9.17, 15) is 8.78 Å². The predicted molar refractivity (Wildman–Crippen MR) is 47.8 cm³/mol.